The van der Waals surface area contributed by atoms with Crippen molar-refractivity contribution in [2.24, 2.45) is 0 Å². The lowest BCUT2D eigenvalue weighted by molar-refractivity contribution is -0.196. The van der Waals surface area contributed by atoms with Crippen molar-refractivity contribution in [3.8, 4) is 0 Å². The number of carbonyl (C=O) groups is 4. The third-order valence-electron chi connectivity index (χ3n) is 6.64. The van der Waals surface area contributed by atoms with Gasteiger partial charge in [-0.1, -0.05) is 31.9 Å². The number of carbonyl (C=O) groups excluding carboxylic acids is 4. The van der Waals surface area contributed by atoms with E-state index >= 15 is 0 Å². The molecule has 0 bridgehead atoms. The normalized spacial score (nSPS) is 20.5. The summed E-state index contributed by atoms with van der Waals surface area (Å²) in [6.45, 7) is 3.67. The number of aliphatic hydroxyl groups excluding tert-OH is 1. The monoisotopic (exact) mass is 491 g/mol. The smallest absolute Gasteiger partial charge is 0.308 e. The lowest BCUT2D eigenvalue weighted by Gasteiger charge is -2.46. The summed E-state index contributed by atoms with van der Waals surface area (Å²) in [5.74, 6) is -0.814. The zero-order valence-electron chi connectivity index (χ0n) is 23.1. The van der Waals surface area contributed by atoms with Crippen LogP contribution in [0.25, 0.3) is 0 Å². The van der Waals surface area contributed by atoms with Gasteiger partial charge in [-0.3, -0.25) is 24.2 Å². The number of likely N-dealkylation sites (tertiary alicyclic amines) is 1. The highest BCUT2D eigenvalue weighted by Crippen LogP contribution is 2.33. The first-order valence-corrected chi connectivity index (χ1v) is 12.5. The second-order valence-corrected chi connectivity index (χ2v) is 9.04. The molecular formula is C27H40N2O6. The van der Waals surface area contributed by atoms with E-state index in [1.165, 1.54) is 18.9 Å². The minimum absolute atomic E-state index is 0.0341. The first-order chi connectivity index (χ1) is 17.8. The fourth-order valence-corrected chi connectivity index (χ4v) is 4.74. The molecule has 1 atom stereocenters. The predicted molar refractivity (Wildman–Crippen MR) is 133 cm³/mol. The quantitative estimate of drug-likeness (QED) is 0.268. The Labute approximate surface area is 211 Å². The van der Waals surface area contributed by atoms with Crippen molar-refractivity contribution in [3.63, 3.8) is 0 Å². The molecule has 2 amide bonds. The Morgan fingerprint density at radius 1 is 1.09 bits per heavy atom. The number of amides is 2. The van der Waals surface area contributed by atoms with Crippen LogP contribution in [-0.2, 0) is 14.3 Å². The van der Waals surface area contributed by atoms with Crippen LogP contribution in [0.1, 0.15) is 100 Å². The van der Waals surface area contributed by atoms with E-state index in [0.29, 0.717) is 24.1 Å². The molecule has 2 aliphatic rings. The van der Waals surface area contributed by atoms with Crippen LogP contribution in [0.15, 0.2) is 24.3 Å². The summed E-state index contributed by atoms with van der Waals surface area (Å²) in [6, 6.07) is 6.94. The van der Waals surface area contributed by atoms with Gasteiger partial charge in [-0.15, -0.1) is 0 Å². The number of rotatable bonds is 12. The molecule has 0 radical (unpaired) electrons. The molecule has 35 heavy (non-hydrogen) atoms. The number of hydrogen-bond acceptors (Lipinski definition) is 7. The summed E-state index contributed by atoms with van der Waals surface area (Å²) >= 11 is 0. The van der Waals surface area contributed by atoms with Gasteiger partial charge in [0.15, 0.2) is 5.72 Å². The number of aliphatic hydroxyl groups is 1. The molecule has 3 rings (SSSR count). The molecule has 0 saturated carbocycles. The van der Waals surface area contributed by atoms with Gasteiger partial charge in [0.2, 0.25) is 1.43 Å². The third-order valence-corrected chi connectivity index (χ3v) is 6.64. The van der Waals surface area contributed by atoms with Crippen LogP contribution in [0, 0.1) is 0 Å². The number of Topliss-reactive ketones (excluding diaryl/α,β-unsaturated/α-hetero) is 1. The van der Waals surface area contributed by atoms with Crippen molar-refractivity contribution >= 4 is 23.6 Å². The third kappa shape index (κ3) is 7.45. The predicted octanol–water partition coefficient (Wildman–Crippen LogP) is 3.96. The number of ether oxygens (including phenoxy) is 1. The molecule has 1 aromatic carbocycles. The van der Waals surface area contributed by atoms with Gasteiger partial charge < -0.3 is 14.6 Å². The van der Waals surface area contributed by atoms with Crippen LogP contribution in [0.2, 0.25) is 0 Å². The molecule has 1 N–H and O–H groups in total. The van der Waals surface area contributed by atoms with Crippen molar-refractivity contribution in [1.82, 2.24) is 9.80 Å². The zero-order valence-corrected chi connectivity index (χ0v) is 21.1. The molecule has 0 aromatic heterocycles. The summed E-state index contributed by atoms with van der Waals surface area (Å²) in [4.78, 5) is 52.1. The minimum Gasteiger partial charge on any atom is -0.444 e. The molecule has 0 spiro atoms. The number of hydrogen-bond donors (Lipinski definition) is 1. The van der Waals surface area contributed by atoms with Gasteiger partial charge in [0.1, 0.15) is 5.78 Å². The van der Waals surface area contributed by atoms with Gasteiger partial charge in [-0.2, -0.15) is 0 Å². The highest BCUT2D eigenvalue weighted by molar-refractivity contribution is 6.21. The van der Waals surface area contributed by atoms with Gasteiger partial charge >= 0.3 is 5.97 Å². The number of unbranched alkanes of at least 4 members (excludes halogenated alkanes) is 3. The molecule has 0 aliphatic carbocycles. The highest BCUT2D eigenvalue weighted by atomic mass is 16.6. The minimum atomic E-state index is -0.742. The summed E-state index contributed by atoms with van der Waals surface area (Å²) in [5, 5.41) is 3.50. The molecule has 2 aliphatic heterocycles. The van der Waals surface area contributed by atoms with Crippen LogP contribution < -0.4 is 0 Å². The van der Waals surface area contributed by atoms with Crippen LogP contribution in [0.5, 0.6) is 0 Å². The average molecular weight is 492 g/mol. The van der Waals surface area contributed by atoms with E-state index in [2.05, 4.69) is 10.0 Å². The van der Waals surface area contributed by atoms with Crippen molar-refractivity contribution in [1.29, 1.82) is 1.43 Å². The van der Waals surface area contributed by atoms with Gasteiger partial charge in [0, 0.05) is 41.0 Å². The second kappa shape index (κ2) is 14.1. The van der Waals surface area contributed by atoms with Crippen molar-refractivity contribution in [2.45, 2.75) is 83.8 Å². The topological polar surface area (TPSA) is 104 Å². The Morgan fingerprint density at radius 2 is 1.71 bits per heavy atom. The highest BCUT2D eigenvalue weighted by Gasteiger charge is 2.40. The maximum Gasteiger partial charge on any atom is 0.308 e. The van der Waals surface area contributed by atoms with Gasteiger partial charge in [0.25, 0.3) is 11.8 Å². The zero-order chi connectivity index (χ0) is 27.3. The van der Waals surface area contributed by atoms with Gasteiger partial charge in [0.05, 0.1) is 17.5 Å². The van der Waals surface area contributed by atoms with Crippen molar-refractivity contribution < 1.29 is 30.4 Å². The molecule has 1 unspecified atom stereocenters. The molecule has 1 saturated heterocycles. The molecule has 1 aromatic rings. The van der Waals surface area contributed by atoms with E-state index in [1.54, 1.807) is 24.3 Å². The van der Waals surface area contributed by atoms with E-state index in [4.69, 9.17) is 7.54 Å². The number of imide groups is 1. The molecule has 8 heteroatoms. The Kier molecular flexibility index (Phi) is 10.3. The number of nitrogens with zero attached hydrogens (tertiary/aromatic N) is 2. The average Bonchev–Trinajstić information content (AvgIpc) is 3.11. The first-order valence-electron chi connectivity index (χ1n) is 13.6. The van der Waals surface area contributed by atoms with E-state index in [9.17, 15) is 19.2 Å². The number of piperidine rings is 1. The molecule has 194 valence electrons. The van der Waals surface area contributed by atoms with Crippen LogP contribution in [-0.4, -0.2) is 72.4 Å². The van der Waals surface area contributed by atoms with E-state index in [1.807, 2.05) is 0 Å². The molecule has 2 heterocycles. The lowest BCUT2D eigenvalue weighted by Crippen LogP contribution is -2.54. The summed E-state index contributed by atoms with van der Waals surface area (Å²) in [6.07, 6.45) is 6.94. The molecule has 1 fully saturated rings. The lowest BCUT2D eigenvalue weighted by atomic mass is 9.94. The second-order valence-electron chi connectivity index (χ2n) is 9.04. The summed E-state index contributed by atoms with van der Waals surface area (Å²) in [7, 11) is 1.29. The van der Waals surface area contributed by atoms with Gasteiger partial charge in [-0.05, 0) is 51.2 Å². The number of esters is 1. The van der Waals surface area contributed by atoms with E-state index < -0.39 is 5.72 Å². The van der Waals surface area contributed by atoms with Crippen LogP contribution in [0.4, 0.5) is 0 Å². The molecule has 8 nitrogen and oxygen atoms in total. The standard InChI is InChI=1S/C26H36N2O5.CH4O/c1-3-26(33-23(30)15-14-20(2)29)16-8-11-18-27(26)17-9-4-5-10-19-28-24(31)21-12-6-7-13-22(21)25(28)32;1-2/h6-7,12-13H,3-5,8-11,14-19H2,1-2H3;2H,1H3/i1D;2T. The van der Waals surface area contributed by atoms with E-state index in [-0.39, 0.29) is 43.3 Å². The Morgan fingerprint density at radius 3 is 2.31 bits per heavy atom. The van der Waals surface area contributed by atoms with Crippen molar-refractivity contribution in [2.75, 3.05) is 26.7 Å². The van der Waals surface area contributed by atoms with Crippen LogP contribution in [0.3, 0.4) is 0 Å². The molecular weight excluding hydrogens is 448 g/mol. The summed E-state index contributed by atoms with van der Waals surface area (Å²) < 4.78 is 19.4. The first kappa shape index (κ1) is 25.5. The fraction of sp³-hybridized carbons (Fsp3) is 0.630. The van der Waals surface area contributed by atoms with Crippen molar-refractivity contribution in [3.05, 3.63) is 35.4 Å². The number of benzene rings is 1. The Hall–Kier alpha value is -2.58. The number of ketones is 1. The van der Waals surface area contributed by atoms with Crippen LogP contribution >= 0.6 is 0 Å². The van der Waals surface area contributed by atoms with E-state index in [0.717, 1.165) is 58.0 Å². The fourth-order valence-electron chi connectivity index (χ4n) is 4.74. The largest absolute Gasteiger partial charge is 0.444 e. The summed E-state index contributed by atoms with van der Waals surface area (Å²) in [5.41, 5.74) is 0.232. The maximum absolute atomic E-state index is 12.5. The SMILES string of the molecule is [2H]CCC1(OC(=O)CCC(C)=O)CCCCN1CCCCCCN1C(=O)c2ccccc2C1=O.[3H]OC. The Balaban J connectivity index is 0.00000153. The maximum atomic E-state index is 12.5. The van der Waals surface area contributed by atoms with Gasteiger partial charge in [-0.25, -0.2) is 0 Å². The number of fused-ring (bicyclic) bond motifs is 1. The Bertz CT molecular complexity index is 889.